The van der Waals surface area contributed by atoms with Crippen LogP contribution in [0.15, 0.2) is 35.7 Å². The molecule has 0 bridgehead atoms. The van der Waals surface area contributed by atoms with Crippen LogP contribution in [0.25, 0.3) is 0 Å². The van der Waals surface area contributed by atoms with E-state index in [1.165, 1.54) is 0 Å². The van der Waals surface area contributed by atoms with E-state index in [1.54, 1.807) is 29.5 Å². The van der Waals surface area contributed by atoms with Crippen molar-refractivity contribution in [1.82, 2.24) is 0 Å². The van der Waals surface area contributed by atoms with Crippen LogP contribution in [0, 0.1) is 0 Å². The van der Waals surface area contributed by atoms with Crippen molar-refractivity contribution in [1.29, 1.82) is 0 Å². The number of nitrogens with one attached hydrogen (secondary N) is 1. The molecule has 1 N–H and O–H groups in total. The van der Waals surface area contributed by atoms with Crippen LogP contribution >= 0.6 is 34.5 Å². The summed E-state index contributed by atoms with van der Waals surface area (Å²) in [7, 11) is 0. The predicted molar refractivity (Wildman–Crippen MR) is 89.6 cm³/mol. The minimum absolute atomic E-state index is 0.0200. The van der Waals surface area contributed by atoms with Gasteiger partial charge in [-0.05, 0) is 36.4 Å². The van der Waals surface area contributed by atoms with Gasteiger partial charge in [-0.15, -0.1) is 11.3 Å². The second-order valence-electron chi connectivity index (χ2n) is 5.32. The number of anilines is 1. The molecule has 1 fully saturated rings. The number of rotatable bonds is 3. The van der Waals surface area contributed by atoms with Crippen LogP contribution in [0.1, 0.15) is 30.6 Å². The number of hydrogen-bond acceptors (Lipinski definition) is 2. The molecule has 1 aromatic carbocycles. The van der Waals surface area contributed by atoms with Gasteiger partial charge < -0.3 is 5.32 Å². The van der Waals surface area contributed by atoms with Crippen LogP contribution in [-0.2, 0) is 10.2 Å². The standard InChI is InChI=1S/C16H15Cl2NOS/c17-11-5-3-6-12(14(11)18)19-15(20)16(8-1-2-9-16)13-7-4-10-21-13/h3-7,10H,1-2,8-9H2,(H,19,20). The Morgan fingerprint density at radius 3 is 2.57 bits per heavy atom. The van der Waals surface area contributed by atoms with E-state index >= 15 is 0 Å². The second-order valence-corrected chi connectivity index (χ2v) is 7.05. The Bertz CT molecular complexity index is 648. The van der Waals surface area contributed by atoms with E-state index in [2.05, 4.69) is 11.4 Å². The third-order valence-electron chi connectivity index (χ3n) is 4.08. The van der Waals surface area contributed by atoms with Crippen molar-refractivity contribution in [3.8, 4) is 0 Å². The first kappa shape index (κ1) is 14.9. The summed E-state index contributed by atoms with van der Waals surface area (Å²) in [5, 5.41) is 5.84. The van der Waals surface area contributed by atoms with E-state index in [1.807, 2.05) is 11.4 Å². The van der Waals surface area contributed by atoms with Crippen molar-refractivity contribution in [2.24, 2.45) is 0 Å². The number of halogens is 2. The van der Waals surface area contributed by atoms with E-state index in [4.69, 9.17) is 23.2 Å². The maximum Gasteiger partial charge on any atom is 0.235 e. The van der Waals surface area contributed by atoms with Crippen molar-refractivity contribution < 1.29 is 4.79 Å². The van der Waals surface area contributed by atoms with E-state index in [0.29, 0.717) is 15.7 Å². The molecule has 0 radical (unpaired) electrons. The predicted octanol–water partition coefficient (Wildman–Crippen LogP) is 5.51. The molecule has 1 aromatic heterocycles. The molecule has 2 aromatic rings. The van der Waals surface area contributed by atoms with E-state index in [-0.39, 0.29) is 5.91 Å². The lowest BCUT2D eigenvalue weighted by atomic mass is 9.83. The summed E-state index contributed by atoms with van der Waals surface area (Å²) in [6.07, 6.45) is 3.93. The Morgan fingerprint density at radius 1 is 1.14 bits per heavy atom. The molecule has 1 aliphatic carbocycles. The molecule has 0 spiro atoms. The van der Waals surface area contributed by atoms with Crippen molar-refractivity contribution >= 4 is 46.1 Å². The highest BCUT2D eigenvalue weighted by atomic mass is 35.5. The maximum atomic E-state index is 12.9. The Morgan fingerprint density at radius 2 is 1.90 bits per heavy atom. The third-order valence-corrected chi connectivity index (χ3v) is 5.98. The molecule has 0 atom stereocenters. The Hall–Kier alpha value is -1.03. The Balaban J connectivity index is 1.91. The number of carbonyl (C=O) groups is 1. The van der Waals surface area contributed by atoms with Crippen LogP contribution in [0.2, 0.25) is 10.0 Å². The molecule has 1 saturated carbocycles. The van der Waals surface area contributed by atoms with Crippen molar-refractivity contribution in [2.75, 3.05) is 5.32 Å². The number of carbonyl (C=O) groups excluding carboxylic acids is 1. The number of amides is 1. The minimum atomic E-state index is -0.417. The van der Waals surface area contributed by atoms with Gasteiger partial charge in [-0.3, -0.25) is 4.79 Å². The van der Waals surface area contributed by atoms with Crippen LogP contribution in [0.3, 0.4) is 0 Å². The fourth-order valence-corrected chi connectivity index (χ4v) is 4.29. The van der Waals surface area contributed by atoms with Gasteiger partial charge in [-0.25, -0.2) is 0 Å². The Labute approximate surface area is 138 Å². The maximum absolute atomic E-state index is 12.9. The SMILES string of the molecule is O=C(Nc1cccc(Cl)c1Cl)C1(c2cccs2)CCCC1. The van der Waals surface area contributed by atoms with E-state index in [9.17, 15) is 4.79 Å². The third kappa shape index (κ3) is 2.70. The topological polar surface area (TPSA) is 29.1 Å². The van der Waals surface area contributed by atoms with Crippen molar-refractivity contribution in [3.63, 3.8) is 0 Å². The lowest BCUT2D eigenvalue weighted by Gasteiger charge is -2.26. The quantitative estimate of drug-likeness (QED) is 0.785. The zero-order valence-corrected chi connectivity index (χ0v) is 13.7. The molecule has 0 unspecified atom stereocenters. The van der Waals surface area contributed by atoms with Gasteiger partial charge in [-0.1, -0.05) is 48.2 Å². The molecule has 2 nitrogen and oxygen atoms in total. The summed E-state index contributed by atoms with van der Waals surface area (Å²) in [4.78, 5) is 14.0. The van der Waals surface area contributed by atoms with Gasteiger partial charge in [-0.2, -0.15) is 0 Å². The van der Waals surface area contributed by atoms with Gasteiger partial charge in [0.25, 0.3) is 0 Å². The summed E-state index contributed by atoms with van der Waals surface area (Å²) in [6.45, 7) is 0. The van der Waals surface area contributed by atoms with Gasteiger partial charge in [0.1, 0.15) is 0 Å². The van der Waals surface area contributed by atoms with Gasteiger partial charge in [0.15, 0.2) is 0 Å². The molecule has 110 valence electrons. The van der Waals surface area contributed by atoms with Gasteiger partial charge in [0.05, 0.1) is 21.1 Å². The summed E-state index contributed by atoms with van der Waals surface area (Å²) >= 11 is 13.8. The van der Waals surface area contributed by atoms with Crippen LogP contribution in [-0.4, -0.2) is 5.91 Å². The molecule has 1 amide bonds. The fraction of sp³-hybridized carbons (Fsp3) is 0.312. The highest BCUT2D eigenvalue weighted by molar-refractivity contribution is 7.10. The highest BCUT2D eigenvalue weighted by Gasteiger charge is 2.43. The molecular weight excluding hydrogens is 325 g/mol. The first-order valence-electron chi connectivity index (χ1n) is 6.93. The summed E-state index contributed by atoms with van der Waals surface area (Å²) < 4.78 is 0. The molecular formula is C16H15Cl2NOS. The number of hydrogen-bond donors (Lipinski definition) is 1. The summed E-state index contributed by atoms with van der Waals surface area (Å²) in [5.74, 6) is 0.0200. The van der Waals surface area contributed by atoms with Crippen molar-refractivity contribution in [3.05, 3.63) is 50.6 Å². The van der Waals surface area contributed by atoms with Gasteiger partial charge in [0, 0.05) is 4.88 Å². The van der Waals surface area contributed by atoms with Crippen LogP contribution in [0.4, 0.5) is 5.69 Å². The van der Waals surface area contributed by atoms with E-state index in [0.717, 1.165) is 30.6 Å². The Kier molecular flexibility index (Phi) is 4.25. The molecule has 0 aliphatic heterocycles. The van der Waals surface area contributed by atoms with Crippen LogP contribution < -0.4 is 5.32 Å². The largest absolute Gasteiger partial charge is 0.324 e. The average Bonchev–Trinajstić information content (AvgIpc) is 3.14. The minimum Gasteiger partial charge on any atom is -0.324 e. The van der Waals surface area contributed by atoms with Crippen LogP contribution in [0.5, 0.6) is 0 Å². The molecule has 3 rings (SSSR count). The lowest BCUT2D eigenvalue weighted by molar-refractivity contribution is -0.121. The first-order chi connectivity index (χ1) is 10.1. The van der Waals surface area contributed by atoms with Gasteiger partial charge >= 0.3 is 0 Å². The second kappa shape index (κ2) is 5.99. The molecule has 5 heteroatoms. The van der Waals surface area contributed by atoms with Crippen molar-refractivity contribution in [2.45, 2.75) is 31.1 Å². The fourth-order valence-electron chi connectivity index (χ4n) is 2.96. The molecule has 1 heterocycles. The van der Waals surface area contributed by atoms with E-state index < -0.39 is 5.41 Å². The number of thiophene rings is 1. The first-order valence-corrected chi connectivity index (χ1v) is 8.56. The summed E-state index contributed by atoms with van der Waals surface area (Å²) in [6, 6.07) is 9.33. The number of benzene rings is 1. The zero-order chi connectivity index (χ0) is 14.9. The normalized spacial score (nSPS) is 16.9. The summed E-state index contributed by atoms with van der Waals surface area (Å²) in [5.41, 5.74) is 0.164. The molecule has 1 aliphatic rings. The lowest BCUT2D eigenvalue weighted by Crippen LogP contribution is -2.37. The average molecular weight is 340 g/mol. The van der Waals surface area contributed by atoms with Gasteiger partial charge in [0.2, 0.25) is 5.91 Å². The molecule has 21 heavy (non-hydrogen) atoms. The smallest absolute Gasteiger partial charge is 0.235 e. The monoisotopic (exact) mass is 339 g/mol. The zero-order valence-electron chi connectivity index (χ0n) is 11.4. The molecule has 0 saturated heterocycles. The highest BCUT2D eigenvalue weighted by Crippen LogP contribution is 2.44.